The van der Waals surface area contributed by atoms with Crippen molar-refractivity contribution in [2.75, 3.05) is 19.7 Å². The largest absolute Gasteiger partial charge is 0.396 e. The normalized spacial score (nSPS) is 18.0. The number of nitrogens with zero attached hydrogens (tertiary/aromatic N) is 1. The molecule has 17 heavy (non-hydrogen) atoms. The zero-order valence-corrected chi connectivity index (χ0v) is 10.7. The van der Waals surface area contributed by atoms with Crippen molar-refractivity contribution in [3.63, 3.8) is 0 Å². The number of aliphatic hydroxyl groups is 1. The highest BCUT2D eigenvalue weighted by atomic mass is 32.2. The summed E-state index contributed by atoms with van der Waals surface area (Å²) in [6.45, 7) is 2.88. The number of hydrogen-bond donors (Lipinski definition) is 1. The van der Waals surface area contributed by atoms with E-state index in [0.29, 0.717) is 13.1 Å². The molecule has 4 nitrogen and oxygen atoms in total. The van der Waals surface area contributed by atoms with E-state index in [1.807, 2.05) is 31.2 Å². The minimum absolute atomic E-state index is 0.0534. The molecule has 1 aliphatic rings. The number of hydrogen-bond acceptors (Lipinski definition) is 3. The minimum atomic E-state index is -3.22. The highest BCUT2D eigenvalue weighted by Crippen LogP contribution is 2.22. The minimum Gasteiger partial charge on any atom is -0.396 e. The zero-order valence-electron chi connectivity index (χ0n) is 9.83. The lowest BCUT2D eigenvalue weighted by molar-refractivity contribution is 0.117. The molecule has 0 radical (unpaired) electrons. The van der Waals surface area contributed by atoms with E-state index in [2.05, 4.69) is 0 Å². The van der Waals surface area contributed by atoms with Crippen LogP contribution < -0.4 is 0 Å². The van der Waals surface area contributed by atoms with E-state index < -0.39 is 10.0 Å². The maximum Gasteiger partial charge on any atom is 0.218 e. The molecule has 0 unspecified atom stereocenters. The van der Waals surface area contributed by atoms with Gasteiger partial charge in [-0.05, 0) is 18.1 Å². The van der Waals surface area contributed by atoms with E-state index in [9.17, 15) is 8.42 Å². The average molecular weight is 255 g/mol. The molecule has 1 saturated heterocycles. The lowest BCUT2D eigenvalue weighted by Gasteiger charge is -2.37. The Morgan fingerprint density at radius 1 is 1.35 bits per heavy atom. The summed E-state index contributed by atoms with van der Waals surface area (Å²) in [5.41, 5.74) is 1.84. The number of aliphatic hydroxyl groups excluding tert-OH is 1. The molecule has 5 heteroatoms. The Morgan fingerprint density at radius 2 is 2.00 bits per heavy atom. The van der Waals surface area contributed by atoms with Crippen molar-refractivity contribution in [2.45, 2.75) is 12.7 Å². The van der Waals surface area contributed by atoms with Gasteiger partial charge >= 0.3 is 0 Å². The van der Waals surface area contributed by atoms with E-state index >= 15 is 0 Å². The first-order valence-electron chi connectivity index (χ1n) is 5.66. The maximum absolute atomic E-state index is 12.0. The van der Waals surface area contributed by atoms with Crippen molar-refractivity contribution in [1.29, 1.82) is 0 Å². The molecule has 1 aromatic rings. The fourth-order valence-corrected chi connectivity index (χ4v) is 3.70. The predicted molar refractivity (Wildman–Crippen MR) is 66.0 cm³/mol. The second-order valence-electron chi connectivity index (χ2n) is 4.55. The first-order chi connectivity index (χ1) is 8.03. The predicted octanol–water partition coefficient (Wildman–Crippen LogP) is 0.749. The first-order valence-corrected chi connectivity index (χ1v) is 7.27. The van der Waals surface area contributed by atoms with Gasteiger partial charge in [-0.15, -0.1) is 0 Å². The third-order valence-electron chi connectivity index (χ3n) is 3.17. The smallest absolute Gasteiger partial charge is 0.218 e. The van der Waals surface area contributed by atoms with Crippen LogP contribution >= 0.6 is 0 Å². The number of aryl methyl sites for hydroxylation is 1. The van der Waals surface area contributed by atoms with Crippen LogP contribution in [-0.4, -0.2) is 37.5 Å². The number of rotatable bonds is 4. The molecule has 94 valence electrons. The standard InChI is InChI=1S/C12H17NO3S/c1-10-4-2-3-5-12(10)9-17(15,16)13-6-11(7-13)8-14/h2-5,11,14H,6-9H2,1H3. The third kappa shape index (κ3) is 2.68. The molecule has 0 atom stereocenters. The summed E-state index contributed by atoms with van der Waals surface area (Å²) in [6, 6.07) is 7.51. The molecule has 0 aromatic heterocycles. The molecule has 2 rings (SSSR count). The Morgan fingerprint density at radius 3 is 2.59 bits per heavy atom. The van der Waals surface area contributed by atoms with Crippen molar-refractivity contribution in [3.05, 3.63) is 35.4 Å². The van der Waals surface area contributed by atoms with Crippen molar-refractivity contribution in [3.8, 4) is 0 Å². The average Bonchev–Trinajstić information content (AvgIpc) is 2.19. The highest BCUT2D eigenvalue weighted by Gasteiger charge is 2.35. The van der Waals surface area contributed by atoms with Gasteiger partial charge in [0.15, 0.2) is 0 Å². The first kappa shape index (κ1) is 12.5. The summed E-state index contributed by atoms with van der Waals surface area (Å²) in [5.74, 6) is 0.166. The van der Waals surface area contributed by atoms with Gasteiger partial charge in [0.05, 0.1) is 5.75 Å². The zero-order chi connectivity index (χ0) is 12.5. The van der Waals surface area contributed by atoms with Crippen LogP contribution in [0.5, 0.6) is 0 Å². The summed E-state index contributed by atoms with van der Waals surface area (Å²) < 4.78 is 25.5. The van der Waals surface area contributed by atoms with Crippen molar-refractivity contribution in [2.24, 2.45) is 5.92 Å². The fourth-order valence-electron chi connectivity index (χ4n) is 1.92. The molecule has 0 bridgehead atoms. The molecule has 0 spiro atoms. The Hall–Kier alpha value is -0.910. The highest BCUT2D eigenvalue weighted by molar-refractivity contribution is 7.88. The fraction of sp³-hybridized carbons (Fsp3) is 0.500. The Kier molecular flexibility index (Phi) is 3.51. The SMILES string of the molecule is Cc1ccccc1CS(=O)(=O)N1CC(CO)C1. The summed E-state index contributed by atoms with van der Waals surface area (Å²) in [5, 5.41) is 8.88. The van der Waals surface area contributed by atoms with Gasteiger partial charge in [0.25, 0.3) is 0 Å². The van der Waals surface area contributed by atoms with Gasteiger partial charge in [-0.25, -0.2) is 12.7 Å². The molecule has 1 heterocycles. The second-order valence-corrected chi connectivity index (χ2v) is 6.52. The molecule has 1 N–H and O–H groups in total. The molecular formula is C12H17NO3S. The van der Waals surface area contributed by atoms with Gasteiger partial charge in [0, 0.05) is 25.6 Å². The lowest BCUT2D eigenvalue weighted by atomic mass is 10.1. The van der Waals surface area contributed by atoms with Gasteiger partial charge in [-0.3, -0.25) is 0 Å². The van der Waals surface area contributed by atoms with Crippen molar-refractivity contribution >= 4 is 10.0 Å². The monoisotopic (exact) mass is 255 g/mol. The summed E-state index contributed by atoms with van der Waals surface area (Å²) >= 11 is 0. The summed E-state index contributed by atoms with van der Waals surface area (Å²) in [4.78, 5) is 0. The van der Waals surface area contributed by atoms with Gasteiger partial charge in [-0.1, -0.05) is 24.3 Å². The lowest BCUT2D eigenvalue weighted by Crippen LogP contribution is -2.51. The Bertz CT molecular complexity index is 492. The van der Waals surface area contributed by atoms with E-state index in [-0.39, 0.29) is 18.3 Å². The van der Waals surface area contributed by atoms with Gasteiger partial charge in [-0.2, -0.15) is 0 Å². The summed E-state index contributed by atoms with van der Waals surface area (Å²) in [7, 11) is -3.22. The Labute approximate surface area is 102 Å². The van der Waals surface area contributed by atoms with Crippen molar-refractivity contribution < 1.29 is 13.5 Å². The van der Waals surface area contributed by atoms with E-state index in [1.165, 1.54) is 4.31 Å². The topological polar surface area (TPSA) is 57.6 Å². The van der Waals surface area contributed by atoms with E-state index in [4.69, 9.17) is 5.11 Å². The molecule has 1 aromatic carbocycles. The van der Waals surface area contributed by atoms with Crippen LogP contribution in [0, 0.1) is 12.8 Å². The molecule has 0 saturated carbocycles. The van der Waals surface area contributed by atoms with Crippen LogP contribution in [-0.2, 0) is 15.8 Å². The van der Waals surface area contributed by atoms with Gasteiger partial charge in [0.2, 0.25) is 10.0 Å². The Balaban J connectivity index is 2.06. The van der Waals surface area contributed by atoms with Crippen LogP contribution in [0.25, 0.3) is 0 Å². The molecule has 1 aliphatic heterocycles. The molecule has 0 aliphatic carbocycles. The van der Waals surface area contributed by atoms with E-state index in [0.717, 1.165) is 11.1 Å². The van der Waals surface area contributed by atoms with Crippen LogP contribution in [0.3, 0.4) is 0 Å². The van der Waals surface area contributed by atoms with Crippen LogP contribution in [0.1, 0.15) is 11.1 Å². The maximum atomic E-state index is 12.0. The molecule has 0 amide bonds. The molecule has 1 fully saturated rings. The quantitative estimate of drug-likeness (QED) is 0.863. The number of sulfonamides is 1. The number of benzene rings is 1. The van der Waals surface area contributed by atoms with Crippen molar-refractivity contribution in [1.82, 2.24) is 4.31 Å². The molecular weight excluding hydrogens is 238 g/mol. The van der Waals surface area contributed by atoms with Crippen LogP contribution in [0.2, 0.25) is 0 Å². The van der Waals surface area contributed by atoms with E-state index in [1.54, 1.807) is 0 Å². The van der Waals surface area contributed by atoms with Crippen LogP contribution in [0.4, 0.5) is 0 Å². The third-order valence-corrected chi connectivity index (χ3v) is 4.94. The summed E-state index contributed by atoms with van der Waals surface area (Å²) in [6.07, 6.45) is 0. The van der Waals surface area contributed by atoms with Gasteiger partial charge in [0.1, 0.15) is 0 Å². The van der Waals surface area contributed by atoms with Crippen LogP contribution in [0.15, 0.2) is 24.3 Å². The van der Waals surface area contributed by atoms with Gasteiger partial charge < -0.3 is 5.11 Å². The second kappa shape index (κ2) is 4.76.